The molecule has 0 saturated carbocycles. The van der Waals surface area contributed by atoms with Crippen molar-refractivity contribution in [1.29, 1.82) is 0 Å². The van der Waals surface area contributed by atoms with E-state index >= 15 is 0 Å². The van der Waals surface area contributed by atoms with Crippen molar-refractivity contribution in [2.75, 3.05) is 26.0 Å². The van der Waals surface area contributed by atoms with Crippen LogP contribution in [-0.4, -0.2) is 43.3 Å². The zero-order chi connectivity index (χ0) is 17.9. The highest BCUT2D eigenvalue weighted by Crippen LogP contribution is 2.33. The lowest BCUT2D eigenvalue weighted by molar-refractivity contribution is 0.0636. The van der Waals surface area contributed by atoms with E-state index in [1.807, 2.05) is 26.8 Å². The van der Waals surface area contributed by atoms with Gasteiger partial charge in [-0.3, -0.25) is 5.32 Å². The summed E-state index contributed by atoms with van der Waals surface area (Å²) in [5, 5.41) is 6.48. The summed E-state index contributed by atoms with van der Waals surface area (Å²) in [7, 11) is 4.20. The predicted molar refractivity (Wildman–Crippen MR) is 98.5 cm³/mol. The summed E-state index contributed by atoms with van der Waals surface area (Å²) in [4.78, 5) is 14.1. The van der Waals surface area contributed by atoms with Crippen LogP contribution in [0.25, 0.3) is 0 Å². The first-order valence-corrected chi connectivity index (χ1v) is 8.68. The van der Waals surface area contributed by atoms with Gasteiger partial charge in [0.2, 0.25) is 0 Å². The fourth-order valence-corrected chi connectivity index (χ4v) is 2.82. The molecule has 0 spiro atoms. The molecule has 0 aliphatic heterocycles. The first-order chi connectivity index (χ1) is 11.2. The van der Waals surface area contributed by atoms with E-state index in [1.54, 1.807) is 0 Å². The molecule has 0 fully saturated rings. The molecule has 1 aliphatic rings. The minimum Gasteiger partial charge on any atom is -0.444 e. The van der Waals surface area contributed by atoms with Crippen LogP contribution in [0.2, 0.25) is 0 Å². The van der Waals surface area contributed by atoms with Crippen LogP contribution in [0.5, 0.6) is 0 Å². The van der Waals surface area contributed by atoms with Gasteiger partial charge in [-0.05, 0) is 77.9 Å². The lowest BCUT2D eigenvalue weighted by Crippen LogP contribution is -2.36. The average Bonchev–Trinajstić information content (AvgIpc) is 2.84. The molecule has 1 amide bonds. The molecular weight excluding hydrogens is 302 g/mol. The summed E-state index contributed by atoms with van der Waals surface area (Å²) in [6, 6.07) is 7.04. The number of fused-ring (bicyclic) bond motifs is 1. The van der Waals surface area contributed by atoms with Crippen LogP contribution >= 0.6 is 0 Å². The second-order valence-electron chi connectivity index (χ2n) is 7.85. The van der Waals surface area contributed by atoms with Gasteiger partial charge < -0.3 is 15.0 Å². The van der Waals surface area contributed by atoms with Crippen molar-refractivity contribution in [3.8, 4) is 0 Å². The number of carbonyl (C=O) groups is 1. The fourth-order valence-electron chi connectivity index (χ4n) is 2.82. The quantitative estimate of drug-likeness (QED) is 0.865. The van der Waals surface area contributed by atoms with Crippen molar-refractivity contribution in [3.05, 3.63) is 29.3 Å². The Morgan fingerprint density at radius 1 is 1.38 bits per heavy atom. The monoisotopic (exact) mass is 333 g/mol. The summed E-state index contributed by atoms with van der Waals surface area (Å²) in [6.45, 7) is 8.77. The Labute approximate surface area is 145 Å². The summed E-state index contributed by atoms with van der Waals surface area (Å²) in [5.74, 6) is 0. The van der Waals surface area contributed by atoms with Crippen molar-refractivity contribution in [2.24, 2.45) is 0 Å². The molecular formula is C19H31N3O2. The Hall–Kier alpha value is -1.59. The molecule has 1 aromatic rings. The second kappa shape index (κ2) is 7.53. The highest BCUT2D eigenvalue weighted by atomic mass is 16.6. The Morgan fingerprint density at radius 2 is 2.08 bits per heavy atom. The molecule has 0 heterocycles. The zero-order valence-corrected chi connectivity index (χ0v) is 15.8. The highest BCUT2D eigenvalue weighted by molar-refractivity contribution is 5.85. The van der Waals surface area contributed by atoms with Gasteiger partial charge in [-0.15, -0.1) is 0 Å². The molecule has 5 nitrogen and oxygen atoms in total. The van der Waals surface area contributed by atoms with Crippen LogP contribution in [0, 0.1) is 0 Å². The van der Waals surface area contributed by atoms with E-state index in [4.69, 9.17) is 4.74 Å². The van der Waals surface area contributed by atoms with Crippen LogP contribution in [-0.2, 0) is 11.2 Å². The van der Waals surface area contributed by atoms with Gasteiger partial charge in [-0.2, -0.15) is 0 Å². The third-order valence-electron chi connectivity index (χ3n) is 4.41. The largest absolute Gasteiger partial charge is 0.444 e. The number of benzene rings is 1. The maximum absolute atomic E-state index is 11.9. The van der Waals surface area contributed by atoms with Gasteiger partial charge in [0.25, 0.3) is 0 Å². The number of amides is 1. The summed E-state index contributed by atoms with van der Waals surface area (Å²) in [5.41, 5.74) is 2.96. The predicted octanol–water partition coefficient (Wildman–Crippen LogP) is 3.56. The number of aryl methyl sites for hydroxylation is 1. The lowest BCUT2D eigenvalue weighted by Gasteiger charge is -2.23. The summed E-state index contributed by atoms with van der Waals surface area (Å²) in [6.07, 6.45) is 1.73. The maximum Gasteiger partial charge on any atom is 0.412 e. The third kappa shape index (κ3) is 5.21. The van der Waals surface area contributed by atoms with Gasteiger partial charge in [-0.25, -0.2) is 4.79 Å². The number of nitrogens with one attached hydrogen (secondary N) is 2. The van der Waals surface area contributed by atoms with E-state index < -0.39 is 11.7 Å². The number of ether oxygens (including phenoxy) is 1. The fraction of sp³-hybridized carbons (Fsp3) is 0.632. The molecule has 0 bridgehead atoms. The molecule has 2 unspecified atom stereocenters. The molecule has 2 atom stereocenters. The molecule has 24 heavy (non-hydrogen) atoms. The smallest absolute Gasteiger partial charge is 0.412 e. The van der Waals surface area contributed by atoms with E-state index in [-0.39, 0.29) is 0 Å². The molecule has 2 rings (SSSR count). The number of nitrogens with zero attached hydrogens (tertiary/aromatic N) is 1. The number of likely N-dealkylation sites (N-methyl/N-ethyl adjacent to an activating group) is 1. The van der Waals surface area contributed by atoms with E-state index in [0.29, 0.717) is 12.1 Å². The number of hydrogen-bond acceptors (Lipinski definition) is 4. The SMILES string of the molecule is CC(CNC1CCc2cc(NC(=O)OC(C)(C)C)ccc21)N(C)C. The first kappa shape index (κ1) is 18.7. The zero-order valence-electron chi connectivity index (χ0n) is 15.8. The van der Waals surface area contributed by atoms with Crippen LogP contribution in [0.4, 0.5) is 10.5 Å². The Bertz CT molecular complexity index is 578. The Morgan fingerprint density at radius 3 is 2.71 bits per heavy atom. The number of hydrogen-bond donors (Lipinski definition) is 2. The van der Waals surface area contributed by atoms with Crippen LogP contribution in [0.15, 0.2) is 18.2 Å². The number of rotatable bonds is 5. The average molecular weight is 333 g/mol. The summed E-state index contributed by atoms with van der Waals surface area (Å²) >= 11 is 0. The van der Waals surface area contributed by atoms with Gasteiger partial charge in [0.15, 0.2) is 0 Å². The Kier molecular flexibility index (Phi) is 5.88. The van der Waals surface area contributed by atoms with Crippen molar-refractivity contribution in [3.63, 3.8) is 0 Å². The van der Waals surface area contributed by atoms with Gasteiger partial charge in [0.1, 0.15) is 5.60 Å². The molecule has 134 valence electrons. The third-order valence-corrected chi connectivity index (χ3v) is 4.41. The molecule has 0 aromatic heterocycles. The van der Waals surface area contributed by atoms with Gasteiger partial charge in [0, 0.05) is 24.3 Å². The molecule has 5 heteroatoms. The topological polar surface area (TPSA) is 53.6 Å². The van der Waals surface area contributed by atoms with Crippen LogP contribution < -0.4 is 10.6 Å². The molecule has 0 saturated heterocycles. The standard InChI is InChI=1S/C19H31N3O2/c1-13(22(5)6)12-20-17-10-7-14-11-15(8-9-16(14)17)21-18(23)24-19(2,3)4/h8-9,11,13,17,20H,7,10,12H2,1-6H3,(H,21,23). The van der Waals surface area contributed by atoms with E-state index in [9.17, 15) is 4.79 Å². The van der Waals surface area contributed by atoms with E-state index in [2.05, 4.69) is 48.7 Å². The number of anilines is 1. The lowest BCUT2D eigenvalue weighted by atomic mass is 10.1. The van der Waals surface area contributed by atoms with E-state index in [1.165, 1.54) is 11.1 Å². The van der Waals surface area contributed by atoms with Crippen molar-refractivity contribution in [1.82, 2.24) is 10.2 Å². The molecule has 0 radical (unpaired) electrons. The minimum atomic E-state index is -0.487. The molecule has 1 aromatic carbocycles. The number of carbonyl (C=O) groups excluding carboxylic acids is 1. The van der Waals surface area contributed by atoms with Crippen LogP contribution in [0.1, 0.15) is 51.3 Å². The van der Waals surface area contributed by atoms with Crippen molar-refractivity contribution < 1.29 is 9.53 Å². The highest BCUT2D eigenvalue weighted by Gasteiger charge is 2.23. The first-order valence-electron chi connectivity index (χ1n) is 8.68. The van der Waals surface area contributed by atoms with Crippen molar-refractivity contribution in [2.45, 2.75) is 58.2 Å². The maximum atomic E-state index is 11.9. The van der Waals surface area contributed by atoms with Gasteiger partial charge in [0.05, 0.1) is 0 Å². The van der Waals surface area contributed by atoms with Gasteiger partial charge >= 0.3 is 6.09 Å². The van der Waals surface area contributed by atoms with Crippen molar-refractivity contribution >= 4 is 11.8 Å². The molecule has 1 aliphatic carbocycles. The van der Waals surface area contributed by atoms with Gasteiger partial charge in [-0.1, -0.05) is 6.07 Å². The van der Waals surface area contributed by atoms with E-state index in [0.717, 1.165) is 25.1 Å². The summed E-state index contributed by atoms with van der Waals surface area (Å²) < 4.78 is 5.30. The Balaban J connectivity index is 1.96. The molecule has 2 N–H and O–H groups in total. The minimum absolute atomic E-state index is 0.401. The normalized spacial score (nSPS) is 18.4. The second-order valence-corrected chi connectivity index (χ2v) is 7.85. The van der Waals surface area contributed by atoms with Crippen LogP contribution in [0.3, 0.4) is 0 Å².